The molecule has 2 aromatic rings. The third kappa shape index (κ3) is 1.66. The highest BCUT2D eigenvalue weighted by Crippen LogP contribution is 2.24. The van der Waals surface area contributed by atoms with Gasteiger partial charge in [-0.1, -0.05) is 30.3 Å². The van der Waals surface area contributed by atoms with Gasteiger partial charge in [0, 0.05) is 18.9 Å². The number of aromatic nitrogens is 2. The van der Waals surface area contributed by atoms with Gasteiger partial charge in [-0.3, -0.25) is 0 Å². The molecule has 2 rings (SSSR count). The summed E-state index contributed by atoms with van der Waals surface area (Å²) in [4.78, 5) is 4.07. The molecule has 1 aromatic heterocycles. The molecule has 3 nitrogen and oxygen atoms in total. The lowest BCUT2D eigenvalue weighted by Gasteiger charge is -2.30. The summed E-state index contributed by atoms with van der Waals surface area (Å²) in [5.74, 6) is 0. The van der Waals surface area contributed by atoms with Gasteiger partial charge >= 0.3 is 0 Å². The van der Waals surface area contributed by atoms with E-state index in [0.717, 1.165) is 0 Å². The van der Waals surface area contributed by atoms with Crippen LogP contribution in [0.1, 0.15) is 12.5 Å². The first-order valence-electron chi connectivity index (χ1n) is 5.01. The van der Waals surface area contributed by atoms with Crippen molar-refractivity contribution in [3.63, 3.8) is 0 Å². The van der Waals surface area contributed by atoms with E-state index >= 15 is 0 Å². The van der Waals surface area contributed by atoms with E-state index in [1.54, 1.807) is 12.5 Å². The Labute approximate surface area is 89.6 Å². The summed E-state index contributed by atoms with van der Waals surface area (Å²) in [5.41, 5.74) is 6.87. The van der Waals surface area contributed by atoms with Crippen LogP contribution in [-0.4, -0.2) is 16.1 Å². The molecule has 0 spiro atoms. The highest BCUT2D eigenvalue weighted by molar-refractivity contribution is 5.25. The second-order valence-electron chi connectivity index (χ2n) is 3.81. The molecular formula is C12H15N3. The van der Waals surface area contributed by atoms with Crippen molar-refractivity contribution < 1.29 is 0 Å². The van der Waals surface area contributed by atoms with Gasteiger partial charge in [0.05, 0.1) is 11.9 Å². The first-order chi connectivity index (χ1) is 7.27. The van der Waals surface area contributed by atoms with Gasteiger partial charge in [-0.15, -0.1) is 0 Å². The number of benzene rings is 1. The zero-order chi connectivity index (χ0) is 10.7. The molecular weight excluding hydrogens is 186 g/mol. The first kappa shape index (κ1) is 9.93. The van der Waals surface area contributed by atoms with E-state index < -0.39 is 0 Å². The predicted octanol–water partition coefficient (Wildman–Crippen LogP) is 1.61. The largest absolute Gasteiger partial charge is 0.328 e. The second-order valence-corrected chi connectivity index (χ2v) is 3.81. The molecule has 1 unspecified atom stereocenters. The molecule has 0 saturated heterocycles. The number of hydrogen-bond donors (Lipinski definition) is 1. The lowest BCUT2D eigenvalue weighted by atomic mass is 9.92. The Hall–Kier alpha value is -1.61. The molecule has 0 aliphatic rings. The van der Waals surface area contributed by atoms with Crippen LogP contribution < -0.4 is 5.73 Å². The van der Waals surface area contributed by atoms with Gasteiger partial charge in [0.2, 0.25) is 0 Å². The summed E-state index contributed by atoms with van der Waals surface area (Å²) >= 11 is 0. The maximum Gasteiger partial charge on any atom is 0.0954 e. The molecule has 15 heavy (non-hydrogen) atoms. The van der Waals surface area contributed by atoms with Gasteiger partial charge < -0.3 is 10.3 Å². The normalized spacial score (nSPS) is 14.8. The van der Waals surface area contributed by atoms with Crippen LogP contribution >= 0.6 is 0 Å². The zero-order valence-electron chi connectivity index (χ0n) is 8.80. The first-order valence-corrected chi connectivity index (χ1v) is 5.01. The third-order valence-corrected chi connectivity index (χ3v) is 2.87. The van der Waals surface area contributed by atoms with Crippen molar-refractivity contribution in [2.24, 2.45) is 5.73 Å². The minimum atomic E-state index is -0.211. The topological polar surface area (TPSA) is 43.8 Å². The Morgan fingerprint density at radius 1 is 1.33 bits per heavy atom. The fourth-order valence-electron chi connectivity index (χ4n) is 1.72. The van der Waals surface area contributed by atoms with Gasteiger partial charge in [0.1, 0.15) is 0 Å². The lowest BCUT2D eigenvalue weighted by Crippen LogP contribution is -2.38. The van der Waals surface area contributed by atoms with Crippen LogP contribution in [0, 0.1) is 0 Å². The van der Waals surface area contributed by atoms with Crippen LogP contribution in [0.2, 0.25) is 0 Å². The number of nitrogens with two attached hydrogens (primary N) is 1. The summed E-state index contributed by atoms with van der Waals surface area (Å²) in [6.07, 6.45) is 5.52. The minimum absolute atomic E-state index is 0.211. The van der Waals surface area contributed by atoms with Crippen molar-refractivity contribution in [3.05, 3.63) is 54.6 Å². The highest BCUT2D eigenvalue weighted by atomic mass is 15.1. The Balaban J connectivity index is 2.47. The maximum absolute atomic E-state index is 5.88. The smallest absolute Gasteiger partial charge is 0.0954 e. The van der Waals surface area contributed by atoms with Crippen LogP contribution in [-0.2, 0) is 5.54 Å². The molecule has 0 radical (unpaired) electrons. The van der Waals surface area contributed by atoms with E-state index in [0.29, 0.717) is 6.54 Å². The van der Waals surface area contributed by atoms with E-state index in [9.17, 15) is 0 Å². The summed E-state index contributed by atoms with van der Waals surface area (Å²) in [7, 11) is 0. The summed E-state index contributed by atoms with van der Waals surface area (Å²) < 4.78 is 2.04. The van der Waals surface area contributed by atoms with Gasteiger partial charge in [0.15, 0.2) is 0 Å². The Bertz CT molecular complexity index is 408. The minimum Gasteiger partial charge on any atom is -0.328 e. The van der Waals surface area contributed by atoms with E-state index in [1.807, 2.05) is 29.0 Å². The molecule has 0 aliphatic carbocycles. The van der Waals surface area contributed by atoms with Gasteiger partial charge in [0.25, 0.3) is 0 Å². The summed E-state index contributed by atoms with van der Waals surface area (Å²) in [6.45, 7) is 2.66. The zero-order valence-corrected chi connectivity index (χ0v) is 8.80. The molecule has 0 amide bonds. The number of hydrogen-bond acceptors (Lipinski definition) is 2. The molecule has 3 heteroatoms. The fraction of sp³-hybridized carbons (Fsp3) is 0.250. The standard InChI is InChI=1S/C12H15N3/c1-12(9-13,15-8-7-14-10-15)11-5-3-2-4-6-11/h2-8,10H,9,13H2,1H3. The van der Waals surface area contributed by atoms with Gasteiger partial charge in [-0.05, 0) is 12.5 Å². The third-order valence-electron chi connectivity index (χ3n) is 2.87. The average molecular weight is 201 g/mol. The maximum atomic E-state index is 5.88. The molecule has 1 aromatic carbocycles. The van der Waals surface area contributed by atoms with Gasteiger partial charge in [-0.25, -0.2) is 4.98 Å². The lowest BCUT2D eigenvalue weighted by molar-refractivity contribution is 0.403. The fourth-order valence-corrected chi connectivity index (χ4v) is 1.72. The van der Waals surface area contributed by atoms with Crippen molar-refractivity contribution in [3.8, 4) is 0 Å². The quantitative estimate of drug-likeness (QED) is 0.819. The van der Waals surface area contributed by atoms with Gasteiger partial charge in [-0.2, -0.15) is 0 Å². The van der Waals surface area contributed by atoms with E-state index in [2.05, 4.69) is 24.0 Å². The van der Waals surface area contributed by atoms with Crippen LogP contribution in [0.4, 0.5) is 0 Å². The molecule has 1 atom stereocenters. The molecule has 0 saturated carbocycles. The second kappa shape index (κ2) is 3.87. The van der Waals surface area contributed by atoms with Crippen molar-refractivity contribution in [1.82, 2.24) is 9.55 Å². The Morgan fingerprint density at radius 2 is 2.07 bits per heavy atom. The van der Waals surface area contributed by atoms with Crippen LogP contribution in [0.25, 0.3) is 0 Å². The van der Waals surface area contributed by atoms with Crippen molar-refractivity contribution in [1.29, 1.82) is 0 Å². The molecule has 2 N–H and O–H groups in total. The number of imidazole rings is 1. The van der Waals surface area contributed by atoms with E-state index in [1.165, 1.54) is 5.56 Å². The Kier molecular flexibility index (Phi) is 2.56. The van der Waals surface area contributed by atoms with Crippen molar-refractivity contribution >= 4 is 0 Å². The summed E-state index contributed by atoms with van der Waals surface area (Å²) in [5, 5.41) is 0. The molecule has 0 aliphatic heterocycles. The molecule has 1 heterocycles. The predicted molar refractivity (Wildman–Crippen MR) is 60.5 cm³/mol. The van der Waals surface area contributed by atoms with Crippen LogP contribution in [0.3, 0.4) is 0 Å². The number of nitrogens with zero attached hydrogens (tertiary/aromatic N) is 2. The van der Waals surface area contributed by atoms with E-state index in [4.69, 9.17) is 5.73 Å². The van der Waals surface area contributed by atoms with E-state index in [-0.39, 0.29) is 5.54 Å². The summed E-state index contributed by atoms with van der Waals surface area (Å²) in [6, 6.07) is 10.2. The van der Waals surface area contributed by atoms with Crippen LogP contribution in [0.5, 0.6) is 0 Å². The Morgan fingerprint density at radius 3 is 2.60 bits per heavy atom. The molecule has 78 valence electrons. The molecule has 0 bridgehead atoms. The van der Waals surface area contributed by atoms with Crippen molar-refractivity contribution in [2.45, 2.75) is 12.5 Å². The number of rotatable bonds is 3. The highest BCUT2D eigenvalue weighted by Gasteiger charge is 2.25. The van der Waals surface area contributed by atoms with Crippen LogP contribution in [0.15, 0.2) is 49.1 Å². The monoisotopic (exact) mass is 201 g/mol. The average Bonchev–Trinajstić information content (AvgIpc) is 2.83. The SMILES string of the molecule is CC(CN)(c1ccccc1)n1ccnc1. The van der Waals surface area contributed by atoms with Crippen molar-refractivity contribution in [2.75, 3.05) is 6.54 Å². The molecule has 0 fully saturated rings.